The molecular formula is C17H20F3N5O4S. The summed E-state index contributed by atoms with van der Waals surface area (Å²) in [4.78, 5) is 13.3. The average Bonchev–Trinajstić information content (AvgIpc) is 3.36. The number of benzene rings is 1. The second kappa shape index (κ2) is 9.00. The van der Waals surface area contributed by atoms with Gasteiger partial charge in [-0.05, 0) is 31.4 Å². The quantitative estimate of drug-likeness (QED) is 0.619. The summed E-state index contributed by atoms with van der Waals surface area (Å²) < 4.78 is 69.6. The number of rotatable bonds is 8. The molecule has 1 saturated heterocycles. The largest absolute Gasteiger partial charge is 0.573 e. The van der Waals surface area contributed by atoms with Gasteiger partial charge in [0.05, 0.1) is 6.20 Å². The molecule has 13 heteroatoms. The summed E-state index contributed by atoms with van der Waals surface area (Å²) in [6.45, 7) is 1.58. The molecule has 1 fully saturated rings. The highest BCUT2D eigenvalue weighted by molar-refractivity contribution is 7.89. The van der Waals surface area contributed by atoms with Crippen molar-refractivity contribution in [1.82, 2.24) is 24.6 Å². The van der Waals surface area contributed by atoms with Crippen LogP contribution in [0.4, 0.5) is 13.2 Å². The van der Waals surface area contributed by atoms with E-state index in [9.17, 15) is 26.4 Å². The number of halogens is 3. The van der Waals surface area contributed by atoms with Crippen LogP contribution in [0.15, 0.2) is 35.4 Å². The summed E-state index contributed by atoms with van der Waals surface area (Å²) in [7, 11) is -4.22. The molecule has 1 aromatic carbocycles. The first kappa shape index (κ1) is 22.0. The van der Waals surface area contributed by atoms with Gasteiger partial charge in [-0.25, -0.2) is 13.1 Å². The number of para-hydroxylation sites is 1. The summed E-state index contributed by atoms with van der Waals surface area (Å²) >= 11 is 0. The highest BCUT2D eigenvalue weighted by Crippen LogP contribution is 2.29. The fourth-order valence-electron chi connectivity index (χ4n) is 2.99. The van der Waals surface area contributed by atoms with Gasteiger partial charge in [-0.1, -0.05) is 17.3 Å². The molecule has 0 saturated carbocycles. The van der Waals surface area contributed by atoms with E-state index in [1.807, 2.05) is 0 Å². The van der Waals surface area contributed by atoms with Crippen LogP contribution in [0.3, 0.4) is 0 Å². The third kappa shape index (κ3) is 5.69. The lowest BCUT2D eigenvalue weighted by Gasteiger charge is -2.14. The van der Waals surface area contributed by atoms with E-state index >= 15 is 0 Å². The van der Waals surface area contributed by atoms with E-state index < -0.39 is 27.0 Å². The van der Waals surface area contributed by atoms with Crippen molar-refractivity contribution < 1.29 is 31.1 Å². The molecule has 30 heavy (non-hydrogen) atoms. The van der Waals surface area contributed by atoms with E-state index in [0.29, 0.717) is 13.1 Å². The second-order valence-corrected chi connectivity index (χ2v) is 8.35. The number of ether oxygens (including phenoxy) is 1. The zero-order valence-electron chi connectivity index (χ0n) is 15.8. The predicted molar refractivity (Wildman–Crippen MR) is 98.1 cm³/mol. The Kier molecular flexibility index (Phi) is 6.61. The number of sulfonamides is 1. The zero-order valence-corrected chi connectivity index (χ0v) is 16.6. The number of aromatic nitrogens is 3. The van der Waals surface area contributed by atoms with Crippen molar-refractivity contribution in [3.05, 3.63) is 36.2 Å². The van der Waals surface area contributed by atoms with Crippen LogP contribution in [-0.4, -0.2) is 60.2 Å². The Bertz CT molecular complexity index is 987. The van der Waals surface area contributed by atoms with E-state index in [-0.39, 0.29) is 31.1 Å². The Morgan fingerprint density at radius 2 is 1.90 bits per heavy atom. The number of hydrogen-bond acceptors (Lipinski definition) is 6. The minimum atomic E-state index is -5.01. The van der Waals surface area contributed by atoms with Crippen LogP contribution in [0.25, 0.3) is 0 Å². The van der Waals surface area contributed by atoms with E-state index in [0.717, 1.165) is 25.0 Å². The first-order valence-corrected chi connectivity index (χ1v) is 10.7. The van der Waals surface area contributed by atoms with Crippen LogP contribution >= 0.6 is 0 Å². The van der Waals surface area contributed by atoms with Crippen LogP contribution in [0.2, 0.25) is 0 Å². The second-order valence-electron chi connectivity index (χ2n) is 6.61. The summed E-state index contributed by atoms with van der Waals surface area (Å²) in [5.41, 5.74) is 0.218. The van der Waals surface area contributed by atoms with E-state index in [2.05, 4.69) is 19.8 Å². The summed E-state index contributed by atoms with van der Waals surface area (Å²) in [5.74, 6) is -1.00. The standard InChI is InChI=1S/C17H20F3N5O4S/c18-17(19,20)29-14-6-1-2-7-15(14)30(27,28)21-8-5-11-25-12-13(22-23-25)16(26)24-9-3-4-10-24/h1-2,6-7,12,21H,3-5,8-11H2. The number of likely N-dealkylation sites (tertiary alicyclic amines) is 1. The van der Waals surface area contributed by atoms with E-state index in [1.54, 1.807) is 4.90 Å². The number of hydrogen-bond donors (Lipinski definition) is 1. The van der Waals surface area contributed by atoms with Crippen molar-refractivity contribution in [2.24, 2.45) is 0 Å². The van der Waals surface area contributed by atoms with Crippen molar-refractivity contribution in [3.63, 3.8) is 0 Å². The third-order valence-corrected chi connectivity index (χ3v) is 5.87. The first-order valence-electron chi connectivity index (χ1n) is 9.19. The van der Waals surface area contributed by atoms with Gasteiger partial charge in [0.1, 0.15) is 10.6 Å². The maximum Gasteiger partial charge on any atom is 0.573 e. The maximum absolute atomic E-state index is 12.5. The molecule has 2 aromatic rings. The lowest BCUT2D eigenvalue weighted by molar-refractivity contribution is -0.275. The highest BCUT2D eigenvalue weighted by Gasteiger charge is 2.33. The number of carbonyl (C=O) groups excluding carboxylic acids is 1. The summed E-state index contributed by atoms with van der Waals surface area (Å²) in [5, 5.41) is 7.69. The smallest absolute Gasteiger partial charge is 0.404 e. The Morgan fingerprint density at radius 3 is 2.60 bits per heavy atom. The molecule has 0 atom stereocenters. The lowest BCUT2D eigenvalue weighted by atomic mass is 10.3. The van der Waals surface area contributed by atoms with Crippen LogP contribution in [-0.2, 0) is 16.6 Å². The molecule has 0 aliphatic carbocycles. The molecular weight excluding hydrogens is 427 g/mol. The number of aryl methyl sites for hydroxylation is 1. The van der Waals surface area contributed by atoms with Crippen molar-refractivity contribution in [3.8, 4) is 5.75 Å². The normalized spacial score (nSPS) is 14.8. The number of alkyl halides is 3. The van der Waals surface area contributed by atoms with Crippen molar-refractivity contribution >= 4 is 15.9 Å². The van der Waals surface area contributed by atoms with Crippen molar-refractivity contribution in [2.45, 2.75) is 37.1 Å². The molecule has 3 rings (SSSR count). The maximum atomic E-state index is 12.5. The fraction of sp³-hybridized carbons (Fsp3) is 0.471. The van der Waals surface area contributed by atoms with Gasteiger partial charge in [0.15, 0.2) is 5.69 Å². The summed E-state index contributed by atoms with van der Waals surface area (Å²) in [6, 6.07) is 4.49. The highest BCUT2D eigenvalue weighted by atomic mass is 32.2. The fourth-order valence-corrected chi connectivity index (χ4v) is 4.20. The van der Waals surface area contributed by atoms with Crippen LogP contribution in [0.1, 0.15) is 29.8 Å². The molecule has 9 nitrogen and oxygen atoms in total. The van der Waals surface area contributed by atoms with Crippen LogP contribution < -0.4 is 9.46 Å². The predicted octanol–water partition coefficient (Wildman–Crippen LogP) is 1.78. The number of nitrogens with zero attached hydrogens (tertiary/aromatic N) is 4. The lowest BCUT2D eigenvalue weighted by Crippen LogP contribution is -2.28. The van der Waals surface area contributed by atoms with Gasteiger partial charge < -0.3 is 9.64 Å². The third-order valence-electron chi connectivity index (χ3n) is 4.37. The Labute approximate surface area is 170 Å². The van der Waals surface area contributed by atoms with Gasteiger partial charge in [0.2, 0.25) is 10.0 Å². The molecule has 0 unspecified atom stereocenters. The topological polar surface area (TPSA) is 106 Å². The molecule has 2 heterocycles. The number of nitrogens with one attached hydrogen (secondary N) is 1. The average molecular weight is 447 g/mol. The zero-order chi connectivity index (χ0) is 21.8. The molecule has 1 N–H and O–H groups in total. The molecule has 1 aliphatic rings. The Hall–Kier alpha value is -2.67. The van der Waals surface area contributed by atoms with Gasteiger partial charge >= 0.3 is 6.36 Å². The molecule has 164 valence electrons. The minimum Gasteiger partial charge on any atom is -0.404 e. The van der Waals surface area contributed by atoms with Crippen LogP contribution in [0.5, 0.6) is 5.75 Å². The number of carbonyl (C=O) groups is 1. The Morgan fingerprint density at radius 1 is 1.20 bits per heavy atom. The molecule has 1 aliphatic heterocycles. The van der Waals surface area contributed by atoms with Crippen molar-refractivity contribution in [2.75, 3.05) is 19.6 Å². The van der Waals surface area contributed by atoms with Gasteiger partial charge in [0.25, 0.3) is 5.91 Å². The molecule has 0 bridgehead atoms. The van der Waals surface area contributed by atoms with E-state index in [4.69, 9.17) is 0 Å². The first-order chi connectivity index (χ1) is 14.2. The minimum absolute atomic E-state index is 0.0576. The van der Waals surface area contributed by atoms with Crippen LogP contribution in [0, 0.1) is 0 Å². The molecule has 1 aromatic heterocycles. The number of amides is 1. The summed E-state index contributed by atoms with van der Waals surface area (Å²) in [6.07, 6.45) is -1.33. The van der Waals surface area contributed by atoms with Crippen molar-refractivity contribution in [1.29, 1.82) is 0 Å². The monoisotopic (exact) mass is 447 g/mol. The van der Waals surface area contributed by atoms with Gasteiger partial charge in [-0.15, -0.1) is 18.3 Å². The van der Waals surface area contributed by atoms with Gasteiger partial charge in [-0.2, -0.15) is 0 Å². The molecule has 0 spiro atoms. The van der Waals surface area contributed by atoms with E-state index in [1.165, 1.54) is 23.0 Å². The molecule has 0 radical (unpaired) electrons. The Balaban J connectivity index is 1.54. The van der Waals surface area contributed by atoms with Gasteiger partial charge in [0, 0.05) is 26.2 Å². The SMILES string of the molecule is O=C(c1cn(CCCNS(=O)(=O)c2ccccc2OC(F)(F)F)nn1)N1CCCC1. The molecule has 1 amide bonds. The van der Waals surface area contributed by atoms with Gasteiger partial charge in [-0.3, -0.25) is 9.48 Å².